The molecule has 0 atom stereocenters. The van der Waals surface area contributed by atoms with E-state index in [0.717, 1.165) is 39.4 Å². The topological polar surface area (TPSA) is 62.1 Å². The predicted molar refractivity (Wildman–Crippen MR) is 118 cm³/mol. The van der Waals surface area contributed by atoms with E-state index in [0.29, 0.717) is 12.4 Å². The van der Waals surface area contributed by atoms with Crippen LogP contribution in [0.1, 0.15) is 12.6 Å². The predicted octanol–water partition coefficient (Wildman–Crippen LogP) is 5.03. The van der Waals surface area contributed by atoms with Crippen molar-refractivity contribution in [1.82, 2.24) is 19.7 Å². The highest BCUT2D eigenvalue weighted by atomic mass is 32.2. The van der Waals surface area contributed by atoms with Gasteiger partial charge in [-0.25, -0.2) is 0 Å². The molecule has 4 aromatic rings. The summed E-state index contributed by atoms with van der Waals surface area (Å²) in [6.07, 6.45) is 1.80. The van der Waals surface area contributed by atoms with Crippen LogP contribution in [-0.2, 0) is 5.75 Å². The molecular formula is C23H22N4O2S. The van der Waals surface area contributed by atoms with Crippen molar-refractivity contribution < 1.29 is 9.47 Å². The number of thioether (sulfide) groups is 1. The highest BCUT2D eigenvalue weighted by Crippen LogP contribution is 2.31. The third-order valence-corrected chi connectivity index (χ3v) is 5.43. The molecule has 30 heavy (non-hydrogen) atoms. The monoisotopic (exact) mass is 418 g/mol. The Balaban J connectivity index is 1.71. The van der Waals surface area contributed by atoms with Crippen LogP contribution in [0.2, 0.25) is 0 Å². The van der Waals surface area contributed by atoms with Crippen LogP contribution in [-0.4, -0.2) is 33.5 Å². The van der Waals surface area contributed by atoms with E-state index in [4.69, 9.17) is 9.47 Å². The van der Waals surface area contributed by atoms with Gasteiger partial charge < -0.3 is 9.47 Å². The van der Waals surface area contributed by atoms with Gasteiger partial charge in [0.1, 0.15) is 11.5 Å². The van der Waals surface area contributed by atoms with Crippen molar-refractivity contribution in [2.45, 2.75) is 17.8 Å². The van der Waals surface area contributed by atoms with E-state index in [9.17, 15) is 0 Å². The molecule has 0 radical (unpaired) electrons. The molecule has 152 valence electrons. The third kappa shape index (κ3) is 4.46. The van der Waals surface area contributed by atoms with Gasteiger partial charge in [0.2, 0.25) is 0 Å². The van der Waals surface area contributed by atoms with Gasteiger partial charge in [-0.05, 0) is 67.6 Å². The van der Waals surface area contributed by atoms with Crippen LogP contribution in [0.25, 0.3) is 17.1 Å². The Morgan fingerprint density at radius 2 is 1.67 bits per heavy atom. The summed E-state index contributed by atoms with van der Waals surface area (Å²) in [5.41, 5.74) is 2.93. The summed E-state index contributed by atoms with van der Waals surface area (Å²) in [5, 5.41) is 9.76. The van der Waals surface area contributed by atoms with E-state index < -0.39 is 0 Å². The normalized spacial score (nSPS) is 10.7. The maximum atomic E-state index is 5.59. The fourth-order valence-electron chi connectivity index (χ4n) is 3.00. The lowest BCUT2D eigenvalue weighted by atomic mass is 10.2. The molecular weight excluding hydrogens is 396 g/mol. The molecule has 7 heteroatoms. The molecule has 2 aromatic carbocycles. The average molecular weight is 419 g/mol. The zero-order valence-electron chi connectivity index (χ0n) is 16.9. The standard InChI is InChI=1S/C23H22N4O2S/c1-3-29-21-13-9-19(10-14-21)27-22(17-7-11-20(28-2)12-8-17)25-26-23(27)30-16-18-6-4-5-15-24-18/h4-15H,3,16H2,1-2H3. The number of nitrogens with zero attached hydrogens (tertiary/aromatic N) is 4. The number of methoxy groups -OCH3 is 1. The van der Waals surface area contributed by atoms with Crippen LogP contribution >= 0.6 is 11.8 Å². The molecule has 0 aliphatic rings. The van der Waals surface area contributed by atoms with Crippen molar-refractivity contribution in [2.24, 2.45) is 0 Å². The Kier molecular flexibility index (Phi) is 6.29. The van der Waals surface area contributed by atoms with E-state index >= 15 is 0 Å². The number of pyridine rings is 1. The SMILES string of the molecule is CCOc1ccc(-n2c(SCc3ccccn3)nnc2-c2ccc(OC)cc2)cc1. The number of ether oxygens (including phenoxy) is 2. The summed E-state index contributed by atoms with van der Waals surface area (Å²) in [4.78, 5) is 4.40. The summed E-state index contributed by atoms with van der Waals surface area (Å²) in [6.45, 7) is 2.61. The molecule has 0 unspecified atom stereocenters. The van der Waals surface area contributed by atoms with Crippen LogP contribution in [0.4, 0.5) is 0 Å². The zero-order valence-corrected chi connectivity index (χ0v) is 17.7. The molecule has 0 fully saturated rings. The Labute approximate surface area is 179 Å². The minimum atomic E-state index is 0.633. The van der Waals surface area contributed by atoms with Crippen LogP contribution in [0, 0.1) is 0 Å². The summed E-state index contributed by atoms with van der Waals surface area (Å²) >= 11 is 1.60. The zero-order chi connectivity index (χ0) is 20.8. The lowest BCUT2D eigenvalue weighted by Crippen LogP contribution is -2.00. The molecule has 0 amide bonds. The highest BCUT2D eigenvalue weighted by Gasteiger charge is 2.17. The second-order valence-electron chi connectivity index (χ2n) is 6.41. The molecule has 0 aliphatic carbocycles. The highest BCUT2D eigenvalue weighted by molar-refractivity contribution is 7.98. The lowest BCUT2D eigenvalue weighted by Gasteiger charge is -2.12. The van der Waals surface area contributed by atoms with E-state index in [1.54, 1.807) is 25.1 Å². The number of hydrogen-bond acceptors (Lipinski definition) is 6. The van der Waals surface area contributed by atoms with Gasteiger partial charge in [-0.3, -0.25) is 9.55 Å². The first-order chi connectivity index (χ1) is 14.8. The molecule has 0 N–H and O–H groups in total. The minimum absolute atomic E-state index is 0.633. The molecule has 0 saturated heterocycles. The van der Waals surface area contributed by atoms with Crippen molar-refractivity contribution in [3.05, 3.63) is 78.6 Å². The van der Waals surface area contributed by atoms with E-state index in [1.807, 2.05) is 73.7 Å². The van der Waals surface area contributed by atoms with Crippen molar-refractivity contribution >= 4 is 11.8 Å². The summed E-state index contributed by atoms with van der Waals surface area (Å²) in [6, 6.07) is 21.7. The Hall–Kier alpha value is -3.32. The summed E-state index contributed by atoms with van der Waals surface area (Å²) < 4.78 is 12.9. The minimum Gasteiger partial charge on any atom is -0.497 e. The van der Waals surface area contributed by atoms with Crippen LogP contribution < -0.4 is 9.47 Å². The second-order valence-corrected chi connectivity index (χ2v) is 7.35. The van der Waals surface area contributed by atoms with Gasteiger partial charge >= 0.3 is 0 Å². The van der Waals surface area contributed by atoms with Crippen molar-refractivity contribution in [3.8, 4) is 28.6 Å². The molecule has 0 spiro atoms. The quantitative estimate of drug-likeness (QED) is 0.374. The molecule has 2 aromatic heterocycles. The van der Waals surface area contributed by atoms with Gasteiger partial charge in [-0.15, -0.1) is 10.2 Å². The van der Waals surface area contributed by atoms with E-state index in [-0.39, 0.29) is 0 Å². The van der Waals surface area contributed by atoms with Crippen LogP contribution in [0.5, 0.6) is 11.5 Å². The number of benzene rings is 2. The third-order valence-electron chi connectivity index (χ3n) is 4.46. The van der Waals surface area contributed by atoms with Gasteiger partial charge in [-0.1, -0.05) is 17.8 Å². The molecule has 6 nitrogen and oxygen atoms in total. The Bertz CT molecular complexity index is 1080. The van der Waals surface area contributed by atoms with Gasteiger partial charge in [0.15, 0.2) is 11.0 Å². The lowest BCUT2D eigenvalue weighted by molar-refractivity contribution is 0.340. The molecule has 0 bridgehead atoms. The van der Waals surface area contributed by atoms with Crippen LogP contribution in [0.3, 0.4) is 0 Å². The Morgan fingerprint density at radius 3 is 2.33 bits per heavy atom. The number of rotatable bonds is 8. The Morgan fingerprint density at radius 1 is 0.900 bits per heavy atom. The largest absolute Gasteiger partial charge is 0.497 e. The fraction of sp³-hybridized carbons (Fsp3) is 0.174. The van der Waals surface area contributed by atoms with Gasteiger partial charge in [0.05, 0.1) is 19.4 Å². The summed E-state index contributed by atoms with van der Waals surface area (Å²) in [7, 11) is 1.66. The van der Waals surface area contributed by atoms with Gasteiger partial charge in [-0.2, -0.15) is 0 Å². The van der Waals surface area contributed by atoms with Crippen molar-refractivity contribution in [3.63, 3.8) is 0 Å². The molecule has 4 rings (SSSR count). The number of hydrogen-bond donors (Lipinski definition) is 0. The van der Waals surface area contributed by atoms with Crippen molar-refractivity contribution in [1.29, 1.82) is 0 Å². The molecule has 0 aliphatic heterocycles. The number of aromatic nitrogens is 4. The second kappa shape index (κ2) is 9.45. The first-order valence-corrected chi connectivity index (χ1v) is 10.6. The van der Waals surface area contributed by atoms with Gasteiger partial charge in [0, 0.05) is 23.2 Å². The fourth-order valence-corrected chi connectivity index (χ4v) is 3.87. The maximum absolute atomic E-state index is 5.59. The van der Waals surface area contributed by atoms with E-state index in [1.165, 1.54) is 0 Å². The van der Waals surface area contributed by atoms with Crippen molar-refractivity contribution in [2.75, 3.05) is 13.7 Å². The molecule has 2 heterocycles. The molecule has 0 saturated carbocycles. The maximum Gasteiger partial charge on any atom is 0.196 e. The van der Waals surface area contributed by atoms with E-state index in [2.05, 4.69) is 19.7 Å². The average Bonchev–Trinajstić information content (AvgIpc) is 3.23. The first kappa shape index (κ1) is 20.0. The smallest absolute Gasteiger partial charge is 0.196 e. The van der Waals surface area contributed by atoms with Crippen LogP contribution in [0.15, 0.2) is 78.1 Å². The summed E-state index contributed by atoms with van der Waals surface area (Å²) in [5.74, 6) is 3.11. The first-order valence-electron chi connectivity index (χ1n) is 9.64. The van der Waals surface area contributed by atoms with Gasteiger partial charge in [0.25, 0.3) is 0 Å².